The van der Waals surface area contributed by atoms with Gasteiger partial charge in [-0.25, -0.2) is 16.8 Å². The first-order chi connectivity index (χ1) is 14.1. The lowest BCUT2D eigenvalue weighted by Crippen LogP contribution is -2.52. The molecule has 0 bridgehead atoms. The standard InChI is InChI=1S/C20H32N2O6S2/c1-4-15-30(26,27)22-13-6-5-11-19(22)20(23)21(2)12-8-14-28-17-9-7-10-18(16-17)29(3,24)25/h7,9-10,16,19H,4-6,8,11-15H2,1-3H3. The number of benzene rings is 1. The number of carbonyl (C=O) groups excluding carboxylic acids is 1. The van der Waals surface area contributed by atoms with Crippen LogP contribution in [0.2, 0.25) is 0 Å². The zero-order valence-corrected chi connectivity index (χ0v) is 19.5. The van der Waals surface area contributed by atoms with E-state index in [9.17, 15) is 21.6 Å². The quantitative estimate of drug-likeness (QED) is 0.495. The van der Waals surface area contributed by atoms with Crippen LogP contribution in [-0.4, -0.2) is 76.7 Å². The molecule has 1 heterocycles. The molecule has 1 aromatic carbocycles. The number of sulfonamides is 1. The van der Waals surface area contributed by atoms with Gasteiger partial charge in [0.15, 0.2) is 9.84 Å². The average molecular weight is 461 g/mol. The fourth-order valence-corrected chi connectivity index (χ4v) is 5.91. The molecule has 8 nitrogen and oxygen atoms in total. The van der Waals surface area contributed by atoms with E-state index in [0.717, 1.165) is 19.1 Å². The summed E-state index contributed by atoms with van der Waals surface area (Å²) in [5.74, 6) is 0.324. The lowest BCUT2D eigenvalue weighted by atomic mass is 10.0. The van der Waals surface area contributed by atoms with Crippen molar-refractivity contribution in [2.75, 3.05) is 38.8 Å². The smallest absolute Gasteiger partial charge is 0.240 e. The molecule has 1 atom stereocenters. The van der Waals surface area contributed by atoms with Crippen molar-refractivity contribution < 1.29 is 26.4 Å². The first kappa shape index (κ1) is 24.6. The van der Waals surface area contributed by atoms with E-state index in [4.69, 9.17) is 4.74 Å². The van der Waals surface area contributed by atoms with Crippen LogP contribution in [0.15, 0.2) is 29.2 Å². The van der Waals surface area contributed by atoms with Crippen LogP contribution in [0, 0.1) is 0 Å². The fourth-order valence-electron chi connectivity index (χ4n) is 3.51. The van der Waals surface area contributed by atoms with Gasteiger partial charge in [-0.2, -0.15) is 4.31 Å². The van der Waals surface area contributed by atoms with Crippen molar-refractivity contribution in [1.82, 2.24) is 9.21 Å². The molecule has 0 aliphatic carbocycles. The van der Waals surface area contributed by atoms with E-state index in [1.54, 1.807) is 24.1 Å². The van der Waals surface area contributed by atoms with Gasteiger partial charge in [0.25, 0.3) is 0 Å². The average Bonchev–Trinajstić information content (AvgIpc) is 2.70. The molecular formula is C20H32N2O6S2. The Bertz CT molecular complexity index is 930. The first-order valence-electron chi connectivity index (χ1n) is 10.2. The van der Waals surface area contributed by atoms with Crippen molar-refractivity contribution in [3.05, 3.63) is 24.3 Å². The van der Waals surface area contributed by atoms with E-state index < -0.39 is 25.9 Å². The van der Waals surface area contributed by atoms with E-state index in [1.807, 2.05) is 6.92 Å². The van der Waals surface area contributed by atoms with E-state index in [2.05, 4.69) is 0 Å². The minimum absolute atomic E-state index is 0.0564. The third-order valence-corrected chi connectivity index (χ3v) is 8.26. The molecule has 0 aromatic heterocycles. The summed E-state index contributed by atoms with van der Waals surface area (Å²) >= 11 is 0. The highest BCUT2D eigenvalue weighted by molar-refractivity contribution is 7.90. The molecule has 0 radical (unpaired) electrons. The Balaban J connectivity index is 1.89. The summed E-state index contributed by atoms with van der Waals surface area (Å²) < 4.78 is 55.3. The second kappa shape index (κ2) is 10.6. The minimum atomic E-state index is -3.43. The number of amides is 1. The van der Waals surface area contributed by atoms with E-state index in [-0.39, 0.29) is 16.6 Å². The van der Waals surface area contributed by atoms with Crippen molar-refractivity contribution >= 4 is 25.8 Å². The molecule has 1 unspecified atom stereocenters. The van der Waals surface area contributed by atoms with Crippen LogP contribution in [0.4, 0.5) is 0 Å². The third kappa shape index (κ3) is 6.68. The third-order valence-electron chi connectivity index (χ3n) is 5.07. The van der Waals surface area contributed by atoms with Crippen LogP contribution in [0.3, 0.4) is 0 Å². The maximum Gasteiger partial charge on any atom is 0.240 e. The number of hydrogen-bond donors (Lipinski definition) is 0. The molecule has 1 aliphatic heterocycles. The molecule has 0 saturated carbocycles. The zero-order chi connectivity index (χ0) is 22.4. The molecule has 1 saturated heterocycles. The van der Waals surface area contributed by atoms with Crippen LogP contribution in [0.1, 0.15) is 39.0 Å². The van der Waals surface area contributed by atoms with Gasteiger partial charge in [-0.05, 0) is 43.9 Å². The van der Waals surface area contributed by atoms with Gasteiger partial charge in [0, 0.05) is 26.4 Å². The molecule has 1 aromatic rings. The Morgan fingerprint density at radius 3 is 2.63 bits per heavy atom. The predicted octanol–water partition coefficient (Wildman–Crippen LogP) is 1.91. The normalized spacial score (nSPS) is 18.2. The van der Waals surface area contributed by atoms with Crippen molar-refractivity contribution in [2.45, 2.75) is 50.0 Å². The molecule has 1 aliphatic rings. The summed E-state index contributed by atoms with van der Waals surface area (Å²) in [6.07, 6.45) is 4.36. The second-order valence-electron chi connectivity index (χ2n) is 7.65. The summed E-state index contributed by atoms with van der Waals surface area (Å²) in [7, 11) is -5.06. The number of sulfone groups is 1. The molecule has 2 rings (SSSR count). The van der Waals surface area contributed by atoms with Gasteiger partial charge in [-0.15, -0.1) is 0 Å². The van der Waals surface area contributed by atoms with Crippen molar-refractivity contribution in [3.63, 3.8) is 0 Å². The number of hydrogen-bond acceptors (Lipinski definition) is 6. The van der Waals surface area contributed by atoms with Crippen LogP contribution < -0.4 is 4.74 Å². The molecule has 30 heavy (non-hydrogen) atoms. The Kier molecular flexibility index (Phi) is 8.69. The summed E-state index contributed by atoms with van der Waals surface area (Å²) in [5, 5.41) is 0. The van der Waals surface area contributed by atoms with Crippen molar-refractivity contribution in [2.24, 2.45) is 0 Å². The van der Waals surface area contributed by atoms with Crippen LogP contribution in [0.5, 0.6) is 5.75 Å². The molecule has 170 valence electrons. The van der Waals surface area contributed by atoms with Crippen molar-refractivity contribution in [3.8, 4) is 5.75 Å². The van der Waals surface area contributed by atoms with E-state index in [1.165, 1.54) is 16.4 Å². The lowest BCUT2D eigenvalue weighted by molar-refractivity contribution is -0.135. The summed E-state index contributed by atoms with van der Waals surface area (Å²) in [5.41, 5.74) is 0. The second-order valence-corrected chi connectivity index (χ2v) is 11.7. The maximum absolute atomic E-state index is 12.9. The monoisotopic (exact) mass is 460 g/mol. The molecule has 0 N–H and O–H groups in total. The van der Waals surface area contributed by atoms with Gasteiger partial charge in [-0.1, -0.05) is 19.4 Å². The van der Waals surface area contributed by atoms with E-state index in [0.29, 0.717) is 44.7 Å². The van der Waals surface area contributed by atoms with Crippen LogP contribution in [-0.2, 0) is 24.7 Å². The topological polar surface area (TPSA) is 101 Å². The van der Waals surface area contributed by atoms with Crippen molar-refractivity contribution in [1.29, 1.82) is 0 Å². The maximum atomic E-state index is 12.9. The number of piperidine rings is 1. The number of rotatable bonds is 10. The lowest BCUT2D eigenvalue weighted by Gasteiger charge is -2.35. The largest absolute Gasteiger partial charge is 0.493 e. The summed E-state index contributed by atoms with van der Waals surface area (Å²) in [6.45, 7) is 2.94. The highest BCUT2D eigenvalue weighted by Gasteiger charge is 2.37. The number of ether oxygens (including phenoxy) is 1. The number of carbonyl (C=O) groups is 1. The van der Waals surface area contributed by atoms with Gasteiger partial charge in [0.05, 0.1) is 17.3 Å². The molecule has 10 heteroatoms. The van der Waals surface area contributed by atoms with Gasteiger partial charge in [0.1, 0.15) is 11.8 Å². The Hall–Kier alpha value is -1.65. The summed E-state index contributed by atoms with van der Waals surface area (Å²) in [6, 6.07) is 5.66. The molecule has 1 fully saturated rings. The molecule has 0 spiro atoms. The zero-order valence-electron chi connectivity index (χ0n) is 17.9. The Morgan fingerprint density at radius 1 is 1.23 bits per heavy atom. The van der Waals surface area contributed by atoms with Gasteiger partial charge < -0.3 is 9.64 Å². The van der Waals surface area contributed by atoms with Gasteiger partial charge in [0.2, 0.25) is 15.9 Å². The van der Waals surface area contributed by atoms with Crippen LogP contribution in [0.25, 0.3) is 0 Å². The Morgan fingerprint density at radius 2 is 1.97 bits per heavy atom. The SMILES string of the molecule is CCCS(=O)(=O)N1CCCCC1C(=O)N(C)CCCOc1cccc(S(C)(=O)=O)c1. The summed E-state index contributed by atoms with van der Waals surface area (Å²) in [4.78, 5) is 14.6. The molecule has 1 amide bonds. The van der Waals surface area contributed by atoms with Crippen LogP contribution >= 0.6 is 0 Å². The predicted molar refractivity (Wildman–Crippen MR) is 116 cm³/mol. The van der Waals surface area contributed by atoms with Gasteiger partial charge in [-0.3, -0.25) is 4.79 Å². The molecular weight excluding hydrogens is 428 g/mol. The minimum Gasteiger partial charge on any atom is -0.493 e. The highest BCUT2D eigenvalue weighted by atomic mass is 32.2. The number of likely N-dealkylation sites (N-methyl/N-ethyl adjacent to an activating group) is 1. The number of nitrogens with zero attached hydrogens (tertiary/aromatic N) is 2. The fraction of sp³-hybridized carbons (Fsp3) is 0.650. The van der Waals surface area contributed by atoms with Gasteiger partial charge >= 0.3 is 0 Å². The highest BCUT2D eigenvalue weighted by Crippen LogP contribution is 2.23. The Labute approximate surface area is 180 Å². The van der Waals surface area contributed by atoms with E-state index >= 15 is 0 Å². The first-order valence-corrected chi connectivity index (χ1v) is 13.7.